The molecular weight excluding hydrogens is 686 g/mol. The number of hydrogen-bond donors (Lipinski definition) is 9. The minimum absolute atomic E-state index is 0. The van der Waals surface area contributed by atoms with Crippen molar-refractivity contribution in [3.63, 3.8) is 0 Å². The third kappa shape index (κ3) is 19200. The first-order valence-corrected chi connectivity index (χ1v) is 16.5. The SMILES string of the molecule is N.O.O.[O]=[Mo](=[O])([OH])[OH].[O]=[Mo](=[O])([OH])[OH].[O]=[Mo](=[O])([OH])[OH].[O]=[Mo](=[O])([OH])[OH]. The summed E-state index contributed by atoms with van der Waals surface area (Å²) in [4.78, 5) is 0. The summed E-state index contributed by atoms with van der Waals surface area (Å²) in [5.41, 5.74) is 0. The van der Waals surface area contributed by atoms with Crippen LogP contribution >= 0.6 is 0 Å². The van der Waals surface area contributed by atoms with E-state index in [1.807, 2.05) is 0 Å². The second kappa shape index (κ2) is 17.5. The first-order chi connectivity index (χ1) is 8.00. The van der Waals surface area contributed by atoms with Crippen LogP contribution in [-0.2, 0) is 94.2 Å². The van der Waals surface area contributed by atoms with E-state index in [1.165, 1.54) is 0 Å². The molecular formula is H15Mo4NO18. The summed E-state index contributed by atoms with van der Waals surface area (Å²) in [6.45, 7) is 0. The molecule has 0 aliphatic carbocycles. The van der Waals surface area contributed by atoms with Gasteiger partial charge in [0.2, 0.25) is 0 Å². The van der Waals surface area contributed by atoms with Gasteiger partial charge < -0.3 is 17.1 Å². The molecule has 0 saturated carbocycles. The summed E-state index contributed by atoms with van der Waals surface area (Å²) in [6, 6.07) is 0. The second-order valence-electron chi connectivity index (χ2n) is 1.79. The van der Waals surface area contributed by atoms with Crippen molar-refractivity contribution >= 4 is 0 Å². The van der Waals surface area contributed by atoms with E-state index in [0.717, 1.165) is 0 Å². The van der Waals surface area contributed by atoms with Gasteiger partial charge in [0, 0.05) is 0 Å². The zero-order valence-electron chi connectivity index (χ0n) is 10.2. The summed E-state index contributed by atoms with van der Waals surface area (Å²) in [5.74, 6) is 0. The van der Waals surface area contributed by atoms with Crippen molar-refractivity contribution in [1.29, 1.82) is 0 Å². The van der Waals surface area contributed by atoms with Crippen molar-refractivity contribution in [2.45, 2.75) is 0 Å². The number of hydrogen-bond acceptors (Lipinski definition) is 9. The van der Waals surface area contributed by atoms with Gasteiger partial charge in [0.25, 0.3) is 0 Å². The van der Waals surface area contributed by atoms with Gasteiger partial charge in [0.1, 0.15) is 0 Å². The van der Waals surface area contributed by atoms with Crippen LogP contribution in [0.25, 0.3) is 0 Å². The molecule has 0 aromatic heterocycles. The fraction of sp³-hybridized carbons (Fsp3) is 0. The van der Waals surface area contributed by atoms with Crippen LogP contribution in [0.15, 0.2) is 0 Å². The molecule has 23 heavy (non-hydrogen) atoms. The van der Waals surface area contributed by atoms with Crippen LogP contribution in [0.3, 0.4) is 0 Å². The Hall–Kier alpha value is 0.713. The topological polar surface area (TPSA) is 396 Å². The molecule has 19 nitrogen and oxygen atoms in total. The van der Waals surface area contributed by atoms with E-state index in [2.05, 4.69) is 0 Å². The van der Waals surface area contributed by atoms with Crippen LogP contribution in [0.4, 0.5) is 0 Å². The van der Waals surface area contributed by atoms with Crippen LogP contribution in [0.2, 0.25) is 0 Å². The van der Waals surface area contributed by atoms with Gasteiger partial charge in [-0.3, -0.25) is 0 Å². The van der Waals surface area contributed by atoms with Crippen molar-refractivity contribution < 1.29 is 135 Å². The third-order valence-electron chi connectivity index (χ3n) is 0. The molecule has 23 heteroatoms. The zero-order valence-corrected chi connectivity index (χ0v) is 18.2. The molecule has 0 bridgehead atoms. The molecule has 0 amide bonds. The third-order valence-corrected chi connectivity index (χ3v) is 0. The van der Waals surface area contributed by atoms with Gasteiger partial charge in [0.05, 0.1) is 0 Å². The standard InChI is InChI=1S/4Mo.H3N.10H2O.8O/h;;;;1H3;10*1H2;;;;;;;;/q4*+2;;;;;;;;;;;;;;;;;;;/p-8. The van der Waals surface area contributed by atoms with E-state index in [4.69, 9.17) is 57.3 Å². The Labute approximate surface area is 140 Å². The van der Waals surface area contributed by atoms with E-state index < -0.39 is 67.0 Å². The van der Waals surface area contributed by atoms with Crippen molar-refractivity contribution in [3.05, 3.63) is 0 Å². The molecule has 0 aromatic rings. The second-order valence-corrected chi connectivity index (χ2v) is 10.6. The van der Waals surface area contributed by atoms with E-state index in [1.54, 1.807) is 0 Å². The predicted octanol–water partition coefficient (Wildman–Crippen LogP) is -6.90. The maximum absolute atomic E-state index is 8.85. The molecule has 0 rings (SSSR count). The average molecular weight is 701 g/mol. The molecule has 0 unspecified atom stereocenters. The Balaban J connectivity index is -0.0000000284. The first kappa shape index (κ1) is 43.8. The molecule has 0 saturated heterocycles. The van der Waals surface area contributed by atoms with Gasteiger partial charge in [-0.25, -0.2) is 0 Å². The molecule has 0 aliphatic rings. The van der Waals surface area contributed by atoms with Gasteiger partial charge in [-0.1, -0.05) is 0 Å². The molecule has 0 aromatic carbocycles. The Bertz CT molecular complexity index is 474. The minimum atomic E-state index is -5.52. The Morgan fingerprint density at radius 3 is 0.348 bits per heavy atom. The van der Waals surface area contributed by atoms with Gasteiger partial charge in [-0.05, 0) is 0 Å². The van der Waals surface area contributed by atoms with Gasteiger partial charge >= 0.3 is 124 Å². The van der Waals surface area contributed by atoms with Gasteiger partial charge in [-0.2, -0.15) is 0 Å². The summed E-state index contributed by atoms with van der Waals surface area (Å²) >= 11 is -22.1. The number of rotatable bonds is 0. The molecule has 0 radical (unpaired) electrons. The Morgan fingerprint density at radius 2 is 0.348 bits per heavy atom. The molecule has 152 valence electrons. The van der Waals surface area contributed by atoms with Crippen LogP contribution in [0.5, 0.6) is 0 Å². The predicted molar refractivity (Wildman–Crippen MR) is 35.5 cm³/mol. The molecule has 0 aliphatic heterocycles. The van der Waals surface area contributed by atoms with E-state index in [9.17, 15) is 0 Å². The summed E-state index contributed by atoms with van der Waals surface area (Å²) in [7, 11) is 0. The fourth-order valence-electron chi connectivity index (χ4n) is 0. The van der Waals surface area contributed by atoms with Crippen LogP contribution in [0, 0.1) is 0 Å². The van der Waals surface area contributed by atoms with Crippen molar-refractivity contribution in [2.75, 3.05) is 0 Å². The normalized spacial score (nSPS) is 10.1. The van der Waals surface area contributed by atoms with Crippen LogP contribution < -0.4 is 6.15 Å². The average Bonchev–Trinajstić information content (AvgIpc) is 1.62. The van der Waals surface area contributed by atoms with Crippen molar-refractivity contribution in [1.82, 2.24) is 6.15 Å². The summed E-state index contributed by atoms with van der Waals surface area (Å²) in [6.07, 6.45) is 0. The summed E-state index contributed by atoms with van der Waals surface area (Å²) < 4.78 is 128. The molecule has 0 heterocycles. The van der Waals surface area contributed by atoms with Gasteiger partial charge in [-0.15, -0.1) is 0 Å². The van der Waals surface area contributed by atoms with Crippen molar-refractivity contribution in [2.24, 2.45) is 0 Å². The van der Waals surface area contributed by atoms with Gasteiger partial charge in [0.15, 0.2) is 0 Å². The zero-order chi connectivity index (χ0) is 18.0. The monoisotopic (exact) mass is 709 g/mol. The van der Waals surface area contributed by atoms with E-state index >= 15 is 0 Å². The maximum atomic E-state index is 8.85. The van der Waals surface area contributed by atoms with Crippen LogP contribution in [0.1, 0.15) is 0 Å². The Kier molecular flexibility index (Phi) is 33.4. The summed E-state index contributed by atoms with van der Waals surface area (Å²) in [5, 5.41) is 0. The molecule has 0 fully saturated rings. The van der Waals surface area contributed by atoms with Crippen molar-refractivity contribution in [3.8, 4) is 0 Å². The first-order valence-electron chi connectivity index (χ1n) is 2.79. The Morgan fingerprint density at radius 1 is 0.348 bits per heavy atom. The fourth-order valence-corrected chi connectivity index (χ4v) is 0. The van der Waals surface area contributed by atoms with Crippen LogP contribution in [-0.4, -0.2) is 41.0 Å². The molecule has 0 atom stereocenters. The van der Waals surface area contributed by atoms with E-state index in [-0.39, 0.29) is 17.1 Å². The molecule has 0 spiro atoms. The van der Waals surface area contributed by atoms with E-state index in [0.29, 0.717) is 0 Å². The molecule has 15 N–H and O–H groups in total. The quantitative estimate of drug-likeness (QED) is 0.106.